The van der Waals surface area contributed by atoms with Crippen LogP contribution >= 0.6 is 23.4 Å². The van der Waals surface area contributed by atoms with Crippen molar-refractivity contribution >= 4 is 34.4 Å². The van der Waals surface area contributed by atoms with Gasteiger partial charge in [0.05, 0.1) is 13.0 Å². The fourth-order valence-electron chi connectivity index (χ4n) is 0.964. The SMILES string of the molecule is COC(=O)COc1ccc(SC(=O)CCl)cc1. The Morgan fingerprint density at radius 1 is 1.29 bits per heavy atom. The highest BCUT2D eigenvalue weighted by Gasteiger charge is 2.04. The van der Waals surface area contributed by atoms with E-state index in [0.29, 0.717) is 5.75 Å². The van der Waals surface area contributed by atoms with Crippen molar-refractivity contribution < 1.29 is 19.1 Å². The molecule has 6 heteroatoms. The van der Waals surface area contributed by atoms with E-state index in [0.717, 1.165) is 16.7 Å². The first-order chi connectivity index (χ1) is 8.15. The van der Waals surface area contributed by atoms with Crippen LogP contribution in [0.5, 0.6) is 5.75 Å². The molecule has 1 rings (SSSR count). The first-order valence-corrected chi connectivity index (χ1v) is 6.07. The lowest BCUT2D eigenvalue weighted by molar-refractivity contribution is -0.142. The maximum atomic E-state index is 11.1. The number of hydrogen-bond acceptors (Lipinski definition) is 5. The molecule has 17 heavy (non-hydrogen) atoms. The average molecular weight is 275 g/mol. The zero-order chi connectivity index (χ0) is 12.7. The molecule has 0 N–H and O–H groups in total. The third-order valence-corrected chi connectivity index (χ3v) is 3.03. The molecule has 0 atom stereocenters. The van der Waals surface area contributed by atoms with E-state index in [9.17, 15) is 9.59 Å². The van der Waals surface area contributed by atoms with Gasteiger partial charge in [0.25, 0.3) is 0 Å². The number of carbonyl (C=O) groups is 2. The normalized spacial score (nSPS) is 9.76. The van der Waals surface area contributed by atoms with Crippen molar-refractivity contribution in [3.05, 3.63) is 24.3 Å². The van der Waals surface area contributed by atoms with Crippen LogP contribution in [0.1, 0.15) is 0 Å². The standard InChI is InChI=1S/C11H11ClO4S/c1-15-10(13)7-16-8-2-4-9(5-3-8)17-11(14)6-12/h2-5H,6-7H2,1H3. The van der Waals surface area contributed by atoms with E-state index in [2.05, 4.69) is 4.74 Å². The van der Waals surface area contributed by atoms with E-state index in [-0.39, 0.29) is 17.6 Å². The van der Waals surface area contributed by atoms with Crippen LogP contribution in [-0.2, 0) is 14.3 Å². The van der Waals surface area contributed by atoms with Gasteiger partial charge in [-0.1, -0.05) is 11.8 Å². The van der Waals surface area contributed by atoms with Gasteiger partial charge in [-0.05, 0) is 24.3 Å². The van der Waals surface area contributed by atoms with Gasteiger partial charge in [0, 0.05) is 4.90 Å². The Morgan fingerprint density at radius 2 is 1.94 bits per heavy atom. The molecule has 0 bridgehead atoms. The van der Waals surface area contributed by atoms with Crippen molar-refractivity contribution in [1.82, 2.24) is 0 Å². The van der Waals surface area contributed by atoms with E-state index in [1.807, 2.05) is 0 Å². The van der Waals surface area contributed by atoms with Crippen LogP contribution < -0.4 is 4.74 Å². The number of methoxy groups -OCH3 is 1. The highest BCUT2D eigenvalue weighted by molar-refractivity contribution is 8.13. The summed E-state index contributed by atoms with van der Waals surface area (Å²) in [5, 5.41) is -0.116. The maximum absolute atomic E-state index is 11.1. The van der Waals surface area contributed by atoms with Gasteiger partial charge in [0.2, 0.25) is 5.12 Å². The summed E-state index contributed by atoms with van der Waals surface area (Å²) in [5.74, 6) is 0.0736. The lowest BCUT2D eigenvalue weighted by Gasteiger charge is -2.05. The molecule has 4 nitrogen and oxygen atoms in total. The van der Waals surface area contributed by atoms with Crippen molar-refractivity contribution in [2.24, 2.45) is 0 Å². The van der Waals surface area contributed by atoms with Gasteiger partial charge in [-0.3, -0.25) is 4.79 Å². The highest BCUT2D eigenvalue weighted by atomic mass is 35.5. The van der Waals surface area contributed by atoms with Crippen molar-refractivity contribution in [2.45, 2.75) is 4.90 Å². The van der Waals surface area contributed by atoms with Crippen LogP contribution in [0.25, 0.3) is 0 Å². The summed E-state index contributed by atoms with van der Waals surface area (Å²) in [6.07, 6.45) is 0. The molecule has 0 spiro atoms. The van der Waals surface area contributed by atoms with E-state index in [4.69, 9.17) is 16.3 Å². The average Bonchev–Trinajstić information content (AvgIpc) is 2.37. The molecule has 0 saturated carbocycles. The zero-order valence-corrected chi connectivity index (χ0v) is 10.7. The topological polar surface area (TPSA) is 52.6 Å². The minimum atomic E-state index is -0.444. The first-order valence-electron chi connectivity index (χ1n) is 4.72. The van der Waals surface area contributed by atoms with E-state index < -0.39 is 5.97 Å². The van der Waals surface area contributed by atoms with Crippen molar-refractivity contribution in [3.8, 4) is 5.75 Å². The lowest BCUT2D eigenvalue weighted by atomic mass is 10.3. The first kappa shape index (κ1) is 13.9. The third kappa shape index (κ3) is 5.10. The van der Waals surface area contributed by atoms with Gasteiger partial charge >= 0.3 is 5.97 Å². The van der Waals surface area contributed by atoms with Gasteiger partial charge in [0.15, 0.2) is 6.61 Å². The number of ether oxygens (including phenoxy) is 2. The summed E-state index contributed by atoms with van der Waals surface area (Å²) in [6, 6.07) is 6.79. The minimum Gasteiger partial charge on any atom is -0.482 e. The molecule has 1 aromatic carbocycles. The summed E-state index contributed by atoms with van der Waals surface area (Å²) in [7, 11) is 1.29. The molecule has 0 unspecified atom stereocenters. The summed E-state index contributed by atoms with van der Waals surface area (Å²) in [5.41, 5.74) is 0. The van der Waals surface area contributed by atoms with Gasteiger partial charge in [-0.25, -0.2) is 4.79 Å². The molecular weight excluding hydrogens is 264 g/mol. The predicted molar refractivity (Wildman–Crippen MR) is 65.5 cm³/mol. The monoisotopic (exact) mass is 274 g/mol. The summed E-state index contributed by atoms with van der Waals surface area (Å²) in [6.45, 7) is -0.135. The van der Waals surface area contributed by atoms with Crippen LogP contribution in [0.3, 0.4) is 0 Å². The van der Waals surface area contributed by atoms with Crippen LogP contribution in [0.2, 0.25) is 0 Å². The molecule has 0 radical (unpaired) electrons. The van der Waals surface area contributed by atoms with Gasteiger partial charge < -0.3 is 9.47 Å². The number of thioether (sulfide) groups is 1. The van der Waals surface area contributed by atoms with Gasteiger partial charge in [-0.2, -0.15) is 0 Å². The molecule has 0 aliphatic heterocycles. The summed E-state index contributed by atoms with van der Waals surface area (Å²) < 4.78 is 9.59. The van der Waals surface area contributed by atoms with E-state index in [1.54, 1.807) is 24.3 Å². The molecule has 0 amide bonds. The maximum Gasteiger partial charge on any atom is 0.343 e. The Morgan fingerprint density at radius 3 is 2.47 bits per heavy atom. The molecule has 0 aliphatic carbocycles. The largest absolute Gasteiger partial charge is 0.482 e. The van der Waals surface area contributed by atoms with Crippen molar-refractivity contribution in [3.63, 3.8) is 0 Å². The Hall–Kier alpha value is -1.20. The number of carbonyl (C=O) groups excluding carboxylic acids is 2. The molecular formula is C11H11ClO4S. The lowest BCUT2D eigenvalue weighted by Crippen LogP contribution is -2.12. The smallest absolute Gasteiger partial charge is 0.343 e. The number of rotatable bonds is 5. The molecule has 1 aromatic rings. The number of esters is 1. The van der Waals surface area contributed by atoms with Crippen molar-refractivity contribution in [1.29, 1.82) is 0 Å². The Labute approximate surface area is 108 Å². The molecule has 0 aromatic heterocycles. The van der Waals surface area contributed by atoms with Gasteiger partial charge in [-0.15, -0.1) is 11.6 Å². The third-order valence-electron chi connectivity index (χ3n) is 1.75. The number of halogens is 1. The fourth-order valence-corrected chi connectivity index (χ4v) is 1.72. The van der Waals surface area contributed by atoms with Crippen LogP contribution in [-0.4, -0.2) is 30.7 Å². The van der Waals surface area contributed by atoms with Crippen molar-refractivity contribution in [2.75, 3.05) is 19.6 Å². The Bertz CT molecular complexity index is 391. The van der Waals surface area contributed by atoms with E-state index in [1.165, 1.54) is 7.11 Å². The summed E-state index contributed by atoms with van der Waals surface area (Å²) in [4.78, 5) is 22.7. The second-order valence-corrected chi connectivity index (χ2v) is 4.34. The Kier molecular flexibility index (Phi) is 5.86. The highest BCUT2D eigenvalue weighted by Crippen LogP contribution is 2.22. The molecule has 92 valence electrons. The Balaban J connectivity index is 2.50. The van der Waals surface area contributed by atoms with E-state index >= 15 is 0 Å². The zero-order valence-electron chi connectivity index (χ0n) is 9.14. The minimum absolute atomic E-state index is 0.0226. The summed E-state index contributed by atoms with van der Waals surface area (Å²) >= 11 is 6.45. The number of hydrogen-bond donors (Lipinski definition) is 0. The second-order valence-electron chi connectivity index (χ2n) is 2.94. The predicted octanol–water partition coefficient (Wildman–Crippen LogP) is 2.10. The van der Waals surface area contributed by atoms with Crippen LogP contribution in [0.4, 0.5) is 0 Å². The number of benzene rings is 1. The van der Waals surface area contributed by atoms with Crippen LogP contribution in [0.15, 0.2) is 29.2 Å². The molecule has 0 heterocycles. The number of alkyl halides is 1. The van der Waals surface area contributed by atoms with Crippen LogP contribution in [0, 0.1) is 0 Å². The molecule has 0 saturated heterocycles. The molecule has 0 fully saturated rings. The second kappa shape index (κ2) is 7.19. The molecule has 0 aliphatic rings. The van der Waals surface area contributed by atoms with Gasteiger partial charge in [0.1, 0.15) is 5.75 Å². The fraction of sp³-hybridized carbons (Fsp3) is 0.273. The quantitative estimate of drug-likeness (QED) is 0.468.